The molecule has 1 N–H and O–H groups in total. The molecule has 8 heteroatoms. The van der Waals surface area contributed by atoms with Crippen LogP contribution in [-0.2, 0) is 29.0 Å². The van der Waals surface area contributed by atoms with E-state index < -0.39 is 0 Å². The van der Waals surface area contributed by atoms with Gasteiger partial charge < -0.3 is 14.6 Å². The monoisotopic (exact) mass is 443 g/mol. The summed E-state index contributed by atoms with van der Waals surface area (Å²) in [5.41, 5.74) is 1.33. The lowest BCUT2D eigenvalue weighted by atomic mass is 10.0. The average Bonchev–Trinajstić information content (AvgIpc) is 3.40. The molecular formula is C23H33N5O2S. The lowest BCUT2D eigenvalue weighted by molar-refractivity contribution is -0.126. The Morgan fingerprint density at radius 2 is 2.03 bits per heavy atom. The molecule has 1 amide bonds. The molecule has 2 aliphatic heterocycles. The van der Waals surface area contributed by atoms with Gasteiger partial charge in [0.15, 0.2) is 5.82 Å². The van der Waals surface area contributed by atoms with E-state index in [1.54, 1.807) is 11.8 Å². The molecule has 2 aliphatic rings. The van der Waals surface area contributed by atoms with E-state index in [9.17, 15) is 4.79 Å². The SMILES string of the molecule is CSc1ccc(CN2CCc3nnc(C(NC(=O)C4CCOC4)C(C)C)n3CC2)cc1. The van der Waals surface area contributed by atoms with Crippen LogP contribution in [0.2, 0.25) is 0 Å². The molecule has 31 heavy (non-hydrogen) atoms. The Hall–Kier alpha value is -1.90. The van der Waals surface area contributed by atoms with Crippen LogP contribution in [0, 0.1) is 11.8 Å². The van der Waals surface area contributed by atoms with Crippen molar-refractivity contribution < 1.29 is 9.53 Å². The molecule has 1 fully saturated rings. The topological polar surface area (TPSA) is 72.3 Å². The smallest absolute Gasteiger partial charge is 0.226 e. The van der Waals surface area contributed by atoms with Gasteiger partial charge in [-0.15, -0.1) is 22.0 Å². The van der Waals surface area contributed by atoms with Crippen LogP contribution in [-0.4, -0.2) is 58.1 Å². The van der Waals surface area contributed by atoms with Gasteiger partial charge >= 0.3 is 0 Å². The summed E-state index contributed by atoms with van der Waals surface area (Å²) in [5, 5.41) is 12.2. The molecule has 2 atom stereocenters. The van der Waals surface area contributed by atoms with Gasteiger partial charge in [0.05, 0.1) is 18.6 Å². The van der Waals surface area contributed by atoms with Gasteiger partial charge in [-0.2, -0.15) is 0 Å². The number of aromatic nitrogens is 3. The Kier molecular flexibility index (Phi) is 7.30. The number of amides is 1. The largest absolute Gasteiger partial charge is 0.381 e. The first kappa shape index (κ1) is 22.3. The predicted octanol–water partition coefficient (Wildman–Crippen LogP) is 2.91. The van der Waals surface area contributed by atoms with E-state index in [-0.39, 0.29) is 23.8 Å². The Balaban J connectivity index is 1.43. The van der Waals surface area contributed by atoms with E-state index in [2.05, 4.69) is 69.3 Å². The van der Waals surface area contributed by atoms with Gasteiger partial charge in [-0.3, -0.25) is 9.69 Å². The molecule has 7 nitrogen and oxygen atoms in total. The summed E-state index contributed by atoms with van der Waals surface area (Å²) in [6, 6.07) is 8.69. The Labute approximate surface area is 188 Å². The minimum atomic E-state index is -0.139. The van der Waals surface area contributed by atoms with Crippen molar-refractivity contribution in [2.75, 3.05) is 32.6 Å². The zero-order valence-corrected chi connectivity index (χ0v) is 19.5. The Morgan fingerprint density at radius 1 is 1.23 bits per heavy atom. The lowest BCUT2D eigenvalue weighted by Crippen LogP contribution is -2.38. The molecule has 1 saturated heterocycles. The van der Waals surface area contributed by atoms with Crippen molar-refractivity contribution in [1.82, 2.24) is 25.0 Å². The van der Waals surface area contributed by atoms with Gasteiger partial charge in [0.25, 0.3) is 0 Å². The molecule has 0 bridgehead atoms. The molecule has 168 valence electrons. The number of fused-ring (bicyclic) bond motifs is 1. The van der Waals surface area contributed by atoms with Crippen LogP contribution in [0.5, 0.6) is 0 Å². The van der Waals surface area contributed by atoms with Crippen molar-refractivity contribution in [2.24, 2.45) is 11.8 Å². The maximum absolute atomic E-state index is 12.7. The maximum Gasteiger partial charge on any atom is 0.226 e. The quantitative estimate of drug-likeness (QED) is 0.664. The number of rotatable bonds is 7. The van der Waals surface area contributed by atoms with Crippen molar-refractivity contribution >= 4 is 17.7 Å². The number of carbonyl (C=O) groups is 1. The summed E-state index contributed by atoms with van der Waals surface area (Å²) in [4.78, 5) is 16.5. The fourth-order valence-electron chi connectivity index (χ4n) is 4.31. The Bertz CT molecular complexity index is 877. The van der Waals surface area contributed by atoms with Crippen LogP contribution in [0.4, 0.5) is 0 Å². The van der Waals surface area contributed by atoms with Gasteiger partial charge in [-0.25, -0.2) is 0 Å². The highest BCUT2D eigenvalue weighted by molar-refractivity contribution is 7.98. The first-order valence-electron chi connectivity index (χ1n) is 11.2. The van der Waals surface area contributed by atoms with E-state index in [0.29, 0.717) is 13.2 Å². The predicted molar refractivity (Wildman–Crippen MR) is 122 cm³/mol. The normalized spacial score (nSPS) is 20.5. The number of nitrogens with one attached hydrogen (secondary N) is 1. The third-order valence-electron chi connectivity index (χ3n) is 6.26. The minimum absolute atomic E-state index is 0.0548. The molecule has 4 rings (SSSR count). The summed E-state index contributed by atoms with van der Waals surface area (Å²) in [7, 11) is 0. The van der Waals surface area contributed by atoms with Crippen LogP contribution in [0.25, 0.3) is 0 Å². The summed E-state index contributed by atoms with van der Waals surface area (Å²) in [5.74, 6) is 2.13. The molecule has 0 radical (unpaired) electrons. The maximum atomic E-state index is 12.7. The number of benzene rings is 1. The molecule has 3 heterocycles. The third kappa shape index (κ3) is 5.30. The van der Waals surface area contributed by atoms with Crippen molar-refractivity contribution in [2.45, 2.75) is 50.7 Å². The molecular weight excluding hydrogens is 410 g/mol. The average molecular weight is 444 g/mol. The van der Waals surface area contributed by atoms with E-state index in [1.165, 1.54) is 10.5 Å². The zero-order chi connectivity index (χ0) is 21.8. The number of nitrogens with zero attached hydrogens (tertiary/aromatic N) is 4. The van der Waals surface area contributed by atoms with Gasteiger partial charge in [-0.1, -0.05) is 26.0 Å². The van der Waals surface area contributed by atoms with Crippen molar-refractivity contribution in [3.05, 3.63) is 41.5 Å². The van der Waals surface area contributed by atoms with Gasteiger partial charge in [0.1, 0.15) is 5.82 Å². The van der Waals surface area contributed by atoms with E-state index in [4.69, 9.17) is 4.74 Å². The number of hydrogen-bond donors (Lipinski definition) is 1. The number of carbonyl (C=O) groups excluding carboxylic acids is 1. The fraction of sp³-hybridized carbons (Fsp3) is 0.609. The molecule has 1 aromatic carbocycles. The van der Waals surface area contributed by atoms with Gasteiger partial charge in [-0.05, 0) is 36.3 Å². The van der Waals surface area contributed by atoms with Crippen LogP contribution >= 0.6 is 11.8 Å². The van der Waals surface area contributed by atoms with Crippen molar-refractivity contribution in [1.29, 1.82) is 0 Å². The van der Waals surface area contributed by atoms with Crippen LogP contribution in [0.3, 0.4) is 0 Å². The molecule has 2 aromatic rings. The van der Waals surface area contributed by atoms with E-state index in [1.807, 2.05) is 0 Å². The van der Waals surface area contributed by atoms with Gasteiger partial charge in [0, 0.05) is 44.1 Å². The second-order valence-corrected chi connectivity index (χ2v) is 9.67. The summed E-state index contributed by atoms with van der Waals surface area (Å²) in [6.45, 7) is 9.11. The molecule has 0 aliphatic carbocycles. The van der Waals surface area contributed by atoms with Crippen molar-refractivity contribution in [3.63, 3.8) is 0 Å². The third-order valence-corrected chi connectivity index (χ3v) is 7.00. The molecule has 0 spiro atoms. The second kappa shape index (κ2) is 10.1. The molecule has 2 unspecified atom stereocenters. The van der Waals surface area contributed by atoms with Gasteiger partial charge in [0.2, 0.25) is 5.91 Å². The van der Waals surface area contributed by atoms with Crippen LogP contribution < -0.4 is 5.32 Å². The summed E-state index contributed by atoms with van der Waals surface area (Å²) < 4.78 is 7.62. The number of hydrogen-bond acceptors (Lipinski definition) is 6. The molecule has 1 aromatic heterocycles. The minimum Gasteiger partial charge on any atom is -0.381 e. The highest BCUT2D eigenvalue weighted by Gasteiger charge is 2.31. The van der Waals surface area contributed by atoms with Crippen LogP contribution in [0.15, 0.2) is 29.2 Å². The second-order valence-electron chi connectivity index (χ2n) is 8.79. The van der Waals surface area contributed by atoms with E-state index in [0.717, 1.165) is 50.7 Å². The first-order valence-corrected chi connectivity index (χ1v) is 12.4. The zero-order valence-electron chi connectivity index (χ0n) is 18.7. The number of ether oxygens (including phenoxy) is 1. The highest BCUT2D eigenvalue weighted by atomic mass is 32.2. The summed E-state index contributed by atoms with van der Waals surface area (Å²) in [6.07, 6.45) is 3.76. The summed E-state index contributed by atoms with van der Waals surface area (Å²) >= 11 is 1.77. The fourth-order valence-corrected chi connectivity index (χ4v) is 4.72. The highest BCUT2D eigenvalue weighted by Crippen LogP contribution is 2.24. The van der Waals surface area contributed by atoms with Crippen molar-refractivity contribution in [3.8, 4) is 0 Å². The molecule has 0 saturated carbocycles. The van der Waals surface area contributed by atoms with Crippen LogP contribution in [0.1, 0.15) is 43.5 Å². The number of thioether (sulfide) groups is 1. The first-order chi connectivity index (χ1) is 15.0. The van der Waals surface area contributed by atoms with E-state index >= 15 is 0 Å². The Morgan fingerprint density at radius 3 is 2.71 bits per heavy atom. The standard InChI is InChI=1S/C23H33N5O2S/c1-16(2)21(24-23(29)18-9-13-30-15-18)22-26-25-20-8-10-27(11-12-28(20)22)14-17-4-6-19(31-3)7-5-17/h4-7,16,18,21H,8-15H2,1-3H3,(H,24,29). The lowest BCUT2D eigenvalue weighted by Gasteiger charge is -2.24.